The number of unbranched alkanes of at least 4 members (excludes halogenated alkanes) is 5. The van der Waals surface area contributed by atoms with Crippen molar-refractivity contribution in [2.45, 2.75) is 123 Å². The van der Waals surface area contributed by atoms with E-state index in [0.29, 0.717) is 0 Å². The van der Waals surface area contributed by atoms with E-state index < -0.39 is 0 Å². The number of rotatable bonds is 13. The average Bonchev–Trinajstić information content (AvgIpc) is 2.60. The van der Waals surface area contributed by atoms with E-state index in [9.17, 15) is 0 Å². The summed E-state index contributed by atoms with van der Waals surface area (Å²) in [6.07, 6.45) is 19.5. The normalized spacial score (nSPS) is 18.3. The molecule has 0 aromatic rings. The van der Waals surface area contributed by atoms with Gasteiger partial charge in [-0.15, -0.1) is 0 Å². The highest BCUT2D eigenvalue weighted by Gasteiger charge is 2.40. The van der Waals surface area contributed by atoms with Crippen molar-refractivity contribution in [3.8, 4) is 0 Å². The van der Waals surface area contributed by atoms with Crippen LogP contribution in [0.3, 0.4) is 0 Å². The second-order valence-electron chi connectivity index (χ2n) is 7.77. The lowest BCUT2D eigenvalue weighted by molar-refractivity contribution is -0.111. The summed E-state index contributed by atoms with van der Waals surface area (Å²) in [5.41, 5.74) is 0.153. The molecule has 1 heteroatoms. The Balaban J connectivity index is 2.63. The van der Waals surface area contributed by atoms with E-state index in [1.54, 1.807) is 0 Å². The molecule has 0 N–H and O–H groups in total. The molecule has 1 nitrogen and oxygen atoms in total. The molecule has 0 aromatic carbocycles. The Morgan fingerprint density at radius 3 is 2.00 bits per heavy atom. The number of hydrogen-bond acceptors (Lipinski definition) is 1. The van der Waals surface area contributed by atoms with E-state index in [1.807, 2.05) is 0 Å². The second-order valence-corrected chi connectivity index (χ2v) is 7.77. The summed E-state index contributed by atoms with van der Waals surface area (Å²) in [4.78, 5) is 0. The molecule has 1 atom stereocenters. The van der Waals surface area contributed by atoms with E-state index in [0.717, 1.165) is 18.4 Å². The molecule has 0 amide bonds. The standard InChI is InChI=1S/C22H44O/c1-5-9-10-11-12-16-19-21(20-17-14-13-15-18-20)22(6-2,7-3)23-8-4/h20-21H,5-19H2,1-4H3. The molecule has 23 heavy (non-hydrogen) atoms. The van der Waals surface area contributed by atoms with Crippen molar-refractivity contribution < 1.29 is 4.74 Å². The molecule has 0 bridgehead atoms. The Morgan fingerprint density at radius 2 is 1.43 bits per heavy atom. The highest BCUT2D eigenvalue weighted by atomic mass is 16.5. The van der Waals surface area contributed by atoms with Gasteiger partial charge in [-0.3, -0.25) is 0 Å². The summed E-state index contributed by atoms with van der Waals surface area (Å²) in [5.74, 6) is 1.72. The third-order valence-corrected chi connectivity index (χ3v) is 6.39. The van der Waals surface area contributed by atoms with Crippen molar-refractivity contribution in [3.05, 3.63) is 0 Å². The summed E-state index contributed by atoms with van der Waals surface area (Å²) < 4.78 is 6.44. The van der Waals surface area contributed by atoms with Gasteiger partial charge < -0.3 is 4.74 Å². The molecule has 1 unspecified atom stereocenters. The number of hydrogen-bond donors (Lipinski definition) is 0. The molecule has 0 aromatic heterocycles. The lowest BCUT2D eigenvalue weighted by Gasteiger charge is -2.45. The zero-order valence-electron chi connectivity index (χ0n) is 16.7. The zero-order chi connectivity index (χ0) is 17.0. The maximum absolute atomic E-state index is 6.44. The van der Waals surface area contributed by atoms with Crippen LogP contribution in [0.4, 0.5) is 0 Å². The minimum Gasteiger partial charge on any atom is -0.375 e. The Labute approximate surface area is 147 Å². The van der Waals surface area contributed by atoms with Crippen molar-refractivity contribution >= 4 is 0 Å². The molecule has 1 fully saturated rings. The van der Waals surface area contributed by atoms with Crippen molar-refractivity contribution in [1.29, 1.82) is 0 Å². The molecular weight excluding hydrogens is 280 g/mol. The summed E-state index contributed by atoms with van der Waals surface area (Å²) in [5, 5.41) is 0. The molecule has 1 aliphatic carbocycles. The van der Waals surface area contributed by atoms with Crippen molar-refractivity contribution in [2.24, 2.45) is 11.8 Å². The fourth-order valence-corrected chi connectivity index (χ4v) is 4.98. The van der Waals surface area contributed by atoms with Gasteiger partial charge in [0, 0.05) is 6.61 Å². The third kappa shape index (κ3) is 6.77. The minimum atomic E-state index is 0.153. The second kappa shape index (κ2) is 12.3. The fraction of sp³-hybridized carbons (Fsp3) is 1.00. The van der Waals surface area contributed by atoms with Gasteiger partial charge in [-0.25, -0.2) is 0 Å². The van der Waals surface area contributed by atoms with Crippen LogP contribution in [0.15, 0.2) is 0 Å². The van der Waals surface area contributed by atoms with Gasteiger partial charge in [0.1, 0.15) is 0 Å². The van der Waals surface area contributed by atoms with Crippen molar-refractivity contribution in [2.75, 3.05) is 6.61 Å². The Kier molecular flexibility index (Phi) is 11.3. The van der Waals surface area contributed by atoms with E-state index in [1.165, 1.54) is 89.9 Å². The summed E-state index contributed by atoms with van der Waals surface area (Å²) in [6, 6.07) is 0. The van der Waals surface area contributed by atoms with Crippen LogP contribution >= 0.6 is 0 Å². The molecule has 1 rings (SSSR count). The van der Waals surface area contributed by atoms with E-state index in [2.05, 4.69) is 27.7 Å². The van der Waals surface area contributed by atoms with Crippen LogP contribution in [0.2, 0.25) is 0 Å². The fourth-order valence-electron chi connectivity index (χ4n) is 4.98. The smallest absolute Gasteiger partial charge is 0.0707 e. The number of ether oxygens (including phenoxy) is 1. The first-order valence-corrected chi connectivity index (χ1v) is 10.9. The molecular formula is C22H44O. The predicted molar refractivity (Wildman–Crippen MR) is 103 cm³/mol. The topological polar surface area (TPSA) is 9.23 Å². The highest BCUT2D eigenvalue weighted by molar-refractivity contribution is 4.91. The van der Waals surface area contributed by atoms with Gasteiger partial charge in [0.2, 0.25) is 0 Å². The van der Waals surface area contributed by atoms with E-state index in [4.69, 9.17) is 4.74 Å². The van der Waals surface area contributed by atoms with E-state index >= 15 is 0 Å². The van der Waals surface area contributed by atoms with Crippen LogP contribution in [0.5, 0.6) is 0 Å². The minimum absolute atomic E-state index is 0.153. The summed E-state index contributed by atoms with van der Waals surface area (Å²) in [6.45, 7) is 10.1. The van der Waals surface area contributed by atoms with E-state index in [-0.39, 0.29) is 5.60 Å². The summed E-state index contributed by atoms with van der Waals surface area (Å²) in [7, 11) is 0. The lowest BCUT2D eigenvalue weighted by atomic mass is 9.67. The molecule has 1 aliphatic rings. The summed E-state index contributed by atoms with van der Waals surface area (Å²) >= 11 is 0. The maximum atomic E-state index is 6.44. The van der Waals surface area contributed by atoms with Gasteiger partial charge in [0.05, 0.1) is 5.60 Å². The average molecular weight is 325 g/mol. The van der Waals surface area contributed by atoms with Gasteiger partial charge in [-0.05, 0) is 38.0 Å². The molecule has 0 radical (unpaired) electrons. The Bertz CT molecular complexity index is 263. The van der Waals surface area contributed by atoms with Gasteiger partial charge in [0.25, 0.3) is 0 Å². The van der Waals surface area contributed by atoms with Crippen LogP contribution < -0.4 is 0 Å². The Morgan fingerprint density at radius 1 is 0.826 bits per heavy atom. The molecule has 0 aliphatic heterocycles. The molecule has 0 saturated heterocycles. The van der Waals surface area contributed by atoms with Gasteiger partial charge in [-0.1, -0.05) is 91.4 Å². The van der Waals surface area contributed by atoms with Crippen LogP contribution in [0.25, 0.3) is 0 Å². The lowest BCUT2D eigenvalue weighted by Crippen LogP contribution is -2.44. The molecule has 0 spiro atoms. The highest BCUT2D eigenvalue weighted by Crippen LogP contribution is 2.43. The predicted octanol–water partition coefficient (Wildman–Crippen LogP) is 7.53. The van der Waals surface area contributed by atoms with Crippen LogP contribution in [0, 0.1) is 11.8 Å². The largest absolute Gasteiger partial charge is 0.375 e. The quantitative estimate of drug-likeness (QED) is 0.318. The van der Waals surface area contributed by atoms with Crippen LogP contribution in [-0.4, -0.2) is 12.2 Å². The van der Waals surface area contributed by atoms with Gasteiger partial charge >= 0.3 is 0 Å². The monoisotopic (exact) mass is 324 g/mol. The third-order valence-electron chi connectivity index (χ3n) is 6.39. The molecule has 0 heterocycles. The first-order valence-electron chi connectivity index (χ1n) is 10.9. The van der Waals surface area contributed by atoms with Gasteiger partial charge in [0.15, 0.2) is 0 Å². The van der Waals surface area contributed by atoms with Gasteiger partial charge in [-0.2, -0.15) is 0 Å². The first-order chi connectivity index (χ1) is 11.2. The molecule has 138 valence electrons. The maximum Gasteiger partial charge on any atom is 0.0707 e. The SMILES string of the molecule is CCCCCCCCC(C1CCCCC1)C(CC)(CC)OCC. The van der Waals surface area contributed by atoms with Crippen LogP contribution in [0.1, 0.15) is 118 Å². The van der Waals surface area contributed by atoms with Crippen molar-refractivity contribution in [1.82, 2.24) is 0 Å². The first kappa shape index (κ1) is 21.0. The zero-order valence-corrected chi connectivity index (χ0v) is 16.7. The van der Waals surface area contributed by atoms with Crippen LogP contribution in [-0.2, 0) is 4.74 Å². The van der Waals surface area contributed by atoms with Crippen molar-refractivity contribution in [3.63, 3.8) is 0 Å². The Hall–Kier alpha value is -0.0400. The molecule has 1 saturated carbocycles.